The average Bonchev–Trinajstić information content (AvgIpc) is 2.45. The molecule has 1 amide bonds. The van der Waals surface area contributed by atoms with Gasteiger partial charge in [-0.05, 0) is 19.1 Å². The van der Waals surface area contributed by atoms with Crippen LogP contribution in [0.1, 0.15) is 23.7 Å². The first-order valence-corrected chi connectivity index (χ1v) is 7.83. The highest BCUT2D eigenvalue weighted by Gasteiger charge is 2.14. The minimum absolute atomic E-state index is 0.000229. The van der Waals surface area contributed by atoms with Crippen molar-refractivity contribution < 1.29 is 18.0 Å². The molecule has 1 aromatic rings. The Morgan fingerprint density at radius 3 is 2.38 bits per heavy atom. The minimum atomic E-state index is -3.68. The number of hydrogen-bond donors (Lipinski definition) is 2. The second-order valence-corrected chi connectivity index (χ2v) is 6.09. The fourth-order valence-electron chi connectivity index (χ4n) is 1.53. The summed E-state index contributed by atoms with van der Waals surface area (Å²) in [5, 5.41) is 2.55. The molecule has 6 nitrogen and oxygen atoms in total. The van der Waals surface area contributed by atoms with Crippen molar-refractivity contribution in [2.24, 2.45) is 0 Å². The highest BCUT2D eigenvalue weighted by molar-refractivity contribution is 7.89. The fraction of sp³-hybridized carbons (Fsp3) is 0.286. The maximum Gasteiger partial charge on any atom is 0.240 e. The molecule has 2 N–H and O–H groups in total. The Morgan fingerprint density at radius 1 is 1.24 bits per heavy atom. The largest absolute Gasteiger partial charge is 0.353 e. The van der Waals surface area contributed by atoms with Crippen LogP contribution in [-0.2, 0) is 14.8 Å². The highest BCUT2D eigenvalue weighted by atomic mass is 32.2. The van der Waals surface area contributed by atoms with Gasteiger partial charge in [0, 0.05) is 25.1 Å². The van der Waals surface area contributed by atoms with Gasteiger partial charge in [0.1, 0.15) is 0 Å². The van der Waals surface area contributed by atoms with Crippen LogP contribution in [0.3, 0.4) is 0 Å². The first kappa shape index (κ1) is 17.1. The first-order valence-electron chi connectivity index (χ1n) is 6.35. The SMILES string of the molecule is C=CCNC(=O)CCNS(=O)(=O)c1ccc(C(C)=O)cc1. The number of carbonyl (C=O) groups is 2. The molecule has 0 aliphatic carbocycles. The lowest BCUT2D eigenvalue weighted by atomic mass is 10.2. The number of sulfonamides is 1. The van der Waals surface area contributed by atoms with E-state index in [-0.39, 0.29) is 29.6 Å². The molecule has 0 aliphatic rings. The average molecular weight is 310 g/mol. The van der Waals surface area contributed by atoms with Crippen LogP contribution in [0.2, 0.25) is 0 Å². The number of nitrogens with one attached hydrogen (secondary N) is 2. The van der Waals surface area contributed by atoms with Crippen LogP contribution in [0.15, 0.2) is 41.8 Å². The van der Waals surface area contributed by atoms with Crippen molar-refractivity contribution in [3.05, 3.63) is 42.5 Å². The normalized spacial score (nSPS) is 10.9. The molecule has 1 rings (SSSR count). The molecule has 0 aliphatic heterocycles. The van der Waals surface area contributed by atoms with Gasteiger partial charge in [0.2, 0.25) is 15.9 Å². The van der Waals surface area contributed by atoms with Gasteiger partial charge in [-0.15, -0.1) is 6.58 Å². The van der Waals surface area contributed by atoms with Crippen molar-refractivity contribution in [2.45, 2.75) is 18.2 Å². The molecule has 0 atom stereocenters. The fourth-order valence-corrected chi connectivity index (χ4v) is 2.56. The number of hydrogen-bond acceptors (Lipinski definition) is 4. The summed E-state index contributed by atoms with van der Waals surface area (Å²) in [5.41, 5.74) is 0.442. The van der Waals surface area contributed by atoms with Gasteiger partial charge in [-0.2, -0.15) is 0 Å². The van der Waals surface area contributed by atoms with Crippen molar-refractivity contribution in [3.63, 3.8) is 0 Å². The van der Waals surface area contributed by atoms with Crippen LogP contribution >= 0.6 is 0 Å². The summed E-state index contributed by atoms with van der Waals surface area (Å²) >= 11 is 0. The number of carbonyl (C=O) groups excluding carboxylic acids is 2. The van der Waals surface area contributed by atoms with Crippen molar-refractivity contribution >= 4 is 21.7 Å². The second-order valence-electron chi connectivity index (χ2n) is 4.32. The molecule has 21 heavy (non-hydrogen) atoms. The summed E-state index contributed by atoms with van der Waals surface area (Å²) in [7, 11) is -3.68. The summed E-state index contributed by atoms with van der Waals surface area (Å²) in [6.07, 6.45) is 1.58. The second kappa shape index (κ2) is 7.70. The van der Waals surface area contributed by atoms with E-state index in [4.69, 9.17) is 0 Å². The lowest BCUT2D eigenvalue weighted by Crippen LogP contribution is -2.30. The van der Waals surface area contributed by atoms with E-state index in [0.717, 1.165) is 0 Å². The molecule has 7 heteroatoms. The molecule has 0 aromatic heterocycles. The molecule has 114 valence electrons. The van der Waals surface area contributed by atoms with Gasteiger partial charge in [0.15, 0.2) is 5.78 Å². The summed E-state index contributed by atoms with van der Waals surface area (Å²) in [6.45, 7) is 5.21. The quantitative estimate of drug-likeness (QED) is 0.550. The van der Waals surface area contributed by atoms with Gasteiger partial charge < -0.3 is 5.32 Å². The van der Waals surface area contributed by atoms with Crippen molar-refractivity contribution in [1.82, 2.24) is 10.0 Å². The molecule has 0 fully saturated rings. The summed E-state index contributed by atoms with van der Waals surface area (Å²) in [6, 6.07) is 5.62. The molecular weight excluding hydrogens is 292 g/mol. The Bertz CT molecular complexity index is 621. The molecule has 0 heterocycles. The van der Waals surface area contributed by atoms with Gasteiger partial charge in [0.05, 0.1) is 4.90 Å². The highest BCUT2D eigenvalue weighted by Crippen LogP contribution is 2.10. The predicted molar refractivity (Wildman–Crippen MR) is 79.5 cm³/mol. The Labute approximate surface area is 124 Å². The van der Waals surface area contributed by atoms with Crippen LogP contribution in [0.5, 0.6) is 0 Å². The molecule has 0 bridgehead atoms. The summed E-state index contributed by atoms with van der Waals surface area (Å²) < 4.78 is 26.3. The number of Topliss-reactive ketones (excluding diaryl/α,β-unsaturated/α-hetero) is 1. The van der Waals surface area contributed by atoms with Crippen LogP contribution in [0.25, 0.3) is 0 Å². The maximum absolute atomic E-state index is 12.0. The molecule has 0 saturated carbocycles. The summed E-state index contributed by atoms with van der Waals surface area (Å²) in [4.78, 5) is 22.5. The standard InChI is InChI=1S/C14H18N2O4S/c1-3-9-15-14(18)8-10-16-21(19,20)13-6-4-12(5-7-13)11(2)17/h3-7,16H,1,8-10H2,2H3,(H,15,18). The Balaban J connectivity index is 2.59. The molecule has 0 unspecified atom stereocenters. The van der Waals surface area contributed by atoms with E-state index in [1.165, 1.54) is 31.2 Å². The van der Waals surface area contributed by atoms with Crippen molar-refractivity contribution in [2.75, 3.05) is 13.1 Å². The third-order valence-corrected chi connectivity index (χ3v) is 4.14. The monoisotopic (exact) mass is 310 g/mol. The summed E-state index contributed by atoms with van der Waals surface area (Å²) in [5.74, 6) is -0.393. The number of amides is 1. The zero-order valence-corrected chi connectivity index (χ0v) is 12.6. The van der Waals surface area contributed by atoms with E-state index < -0.39 is 10.0 Å². The number of rotatable bonds is 8. The van der Waals surface area contributed by atoms with E-state index in [2.05, 4.69) is 16.6 Å². The lowest BCUT2D eigenvalue weighted by Gasteiger charge is -2.07. The lowest BCUT2D eigenvalue weighted by molar-refractivity contribution is -0.120. The van der Waals surface area contributed by atoms with Crippen molar-refractivity contribution in [3.8, 4) is 0 Å². The minimum Gasteiger partial charge on any atom is -0.353 e. The van der Waals surface area contributed by atoms with Crippen LogP contribution in [-0.4, -0.2) is 33.2 Å². The molecular formula is C14H18N2O4S. The third-order valence-electron chi connectivity index (χ3n) is 2.66. The Hall–Kier alpha value is -1.99. The van der Waals surface area contributed by atoms with Gasteiger partial charge >= 0.3 is 0 Å². The smallest absolute Gasteiger partial charge is 0.240 e. The van der Waals surface area contributed by atoms with E-state index in [1.807, 2.05) is 0 Å². The Kier molecular flexibility index (Phi) is 6.26. The van der Waals surface area contributed by atoms with E-state index in [0.29, 0.717) is 12.1 Å². The molecule has 0 saturated heterocycles. The van der Waals surface area contributed by atoms with Gasteiger partial charge in [-0.3, -0.25) is 9.59 Å². The predicted octanol–water partition coefficient (Wildman–Crippen LogP) is 0.860. The first-order chi connectivity index (χ1) is 9.86. The van der Waals surface area contributed by atoms with Gasteiger partial charge in [-0.1, -0.05) is 18.2 Å². The zero-order chi connectivity index (χ0) is 15.9. The van der Waals surface area contributed by atoms with E-state index in [1.54, 1.807) is 6.08 Å². The van der Waals surface area contributed by atoms with Crippen molar-refractivity contribution in [1.29, 1.82) is 0 Å². The van der Waals surface area contributed by atoms with E-state index in [9.17, 15) is 18.0 Å². The van der Waals surface area contributed by atoms with Crippen LogP contribution in [0, 0.1) is 0 Å². The molecule has 1 aromatic carbocycles. The molecule has 0 radical (unpaired) electrons. The van der Waals surface area contributed by atoms with Gasteiger partial charge in [-0.25, -0.2) is 13.1 Å². The van der Waals surface area contributed by atoms with Crippen LogP contribution < -0.4 is 10.0 Å². The topological polar surface area (TPSA) is 92.3 Å². The number of ketones is 1. The molecule has 0 spiro atoms. The van der Waals surface area contributed by atoms with Gasteiger partial charge in [0.25, 0.3) is 0 Å². The Morgan fingerprint density at radius 2 is 1.86 bits per heavy atom. The number of benzene rings is 1. The van der Waals surface area contributed by atoms with E-state index >= 15 is 0 Å². The zero-order valence-electron chi connectivity index (χ0n) is 11.8. The van der Waals surface area contributed by atoms with Crippen LogP contribution in [0.4, 0.5) is 0 Å². The third kappa shape index (κ3) is 5.49. The maximum atomic E-state index is 12.0.